The molecule has 0 saturated carbocycles. The van der Waals surface area contributed by atoms with Crippen molar-refractivity contribution in [3.05, 3.63) is 57.9 Å². The van der Waals surface area contributed by atoms with E-state index in [0.717, 1.165) is 16.4 Å². The lowest BCUT2D eigenvalue weighted by molar-refractivity contribution is 0.0656. The second-order valence-electron chi connectivity index (χ2n) is 6.16. The summed E-state index contributed by atoms with van der Waals surface area (Å²) < 4.78 is 0. The SMILES string of the molecule is Cc1cc(C)nc(Nc2nnc(CCN3C(=O)c4ccccc4C3=O)s2)n1. The molecule has 1 aliphatic rings. The molecule has 0 radical (unpaired) electrons. The highest BCUT2D eigenvalue weighted by Crippen LogP contribution is 2.24. The summed E-state index contributed by atoms with van der Waals surface area (Å²) in [7, 11) is 0. The van der Waals surface area contributed by atoms with Crippen LogP contribution in [0.2, 0.25) is 0 Å². The Bertz CT molecular complexity index is 993. The molecule has 8 nitrogen and oxygen atoms in total. The molecular weight excluding hydrogens is 364 g/mol. The summed E-state index contributed by atoms with van der Waals surface area (Å²) in [5.41, 5.74) is 2.63. The largest absolute Gasteiger partial charge is 0.299 e. The lowest BCUT2D eigenvalue weighted by atomic mass is 10.1. The van der Waals surface area contributed by atoms with Crippen LogP contribution in [-0.2, 0) is 6.42 Å². The maximum absolute atomic E-state index is 12.4. The Labute approximate surface area is 159 Å². The van der Waals surface area contributed by atoms with Crippen LogP contribution in [0.25, 0.3) is 0 Å². The average molecular weight is 380 g/mol. The highest BCUT2D eigenvalue weighted by molar-refractivity contribution is 7.15. The Kier molecular flexibility index (Phi) is 4.36. The number of anilines is 2. The number of amides is 2. The minimum Gasteiger partial charge on any atom is -0.299 e. The first-order valence-corrected chi connectivity index (χ1v) is 9.20. The van der Waals surface area contributed by atoms with Gasteiger partial charge in [0.1, 0.15) is 5.01 Å². The van der Waals surface area contributed by atoms with Crippen LogP contribution in [0.3, 0.4) is 0 Å². The fourth-order valence-corrected chi connectivity index (χ4v) is 3.65. The van der Waals surface area contributed by atoms with Crippen LogP contribution >= 0.6 is 11.3 Å². The number of rotatable bonds is 5. The van der Waals surface area contributed by atoms with Gasteiger partial charge >= 0.3 is 0 Å². The molecule has 0 atom stereocenters. The number of aromatic nitrogens is 4. The molecule has 2 amide bonds. The highest BCUT2D eigenvalue weighted by atomic mass is 32.1. The molecule has 0 fully saturated rings. The summed E-state index contributed by atoms with van der Waals surface area (Å²) in [6.45, 7) is 4.06. The molecular formula is C18H16N6O2S. The van der Waals surface area contributed by atoms with Gasteiger partial charge in [-0.3, -0.25) is 19.8 Å². The van der Waals surface area contributed by atoms with E-state index in [-0.39, 0.29) is 18.4 Å². The number of benzene rings is 1. The van der Waals surface area contributed by atoms with Crippen molar-refractivity contribution in [1.82, 2.24) is 25.1 Å². The maximum Gasteiger partial charge on any atom is 0.261 e. The van der Waals surface area contributed by atoms with Gasteiger partial charge in [0.05, 0.1) is 11.1 Å². The van der Waals surface area contributed by atoms with E-state index in [0.29, 0.717) is 28.6 Å². The fourth-order valence-electron chi connectivity index (χ4n) is 2.93. The standard InChI is InChI=1S/C18H16N6O2S/c1-10-9-11(2)20-17(19-10)21-18-23-22-14(27-18)7-8-24-15(25)12-5-3-4-6-13(12)16(24)26/h3-6,9H,7-8H2,1-2H3,(H,19,20,21,23). The van der Waals surface area contributed by atoms with Gasteiger partial charge in [-0.15, -0.1) is 10.2 Å². The maximum atomic E-state index is 12.4. The van der Waals surface area contributed by atoms with Crippen molar-refractivity contribution in [3.8, 4) is 0 Å². The van der Waals surface area contributed by atoms with Crippen molar-refractivity contribution in [2.45, 2.75) is 20.3 Å². The van der Waals surface area contributed by atoms with Crippen molar-refractivity contribution >= 4 is 34.2 Å². The van der Waals surface area contributed by atoms with Gasteiger partial charge in [-0.05, 0) is 32.0 Å². The predicted molar refractivity (Wildman–Crippen MR) is 100 cm³/mol. The molecule has 27 heavy (non-hydrogen) atoms. The van der Waals surface area contributed by atoms with Gasteiger partial charge in [-0.25, -0.2) is 9.97 Å². The zero-order chi connectivity index (χ0) is 19.0. The summed E-state index contributed by atoms with van der Waals surface area (Å²) in [4.78, 5) is 34.6. The Hall–Kier alpha value is -3.20. The van der Waals surface area contributed by atoms with Crippen LogP contribution in [0.1, 0.15) is 37.1 Å². The quantitative estimate of drug-likeness (QED) is 0.679. The molecule has 3 heterocycles. The van der Waals surface area contributed by atoms with E-state index >= 15 is 0 Å². The van der Waals surface area contributed by atoms with Crippen LogP contribution < -0.4 is 5.32 Å². The molecule has 9 heteroatoms. The number of carbonyl (C=O) groups is 2. The smallest absolute Gasteiger partial charge is 0.261 e. The predicted octanol–water partition coefficient (Wildman–Crippen LogP) is 2.53. The lowest BCUT2D eigenvalue weighted by Crippen LogP contribution is -2.31. The second kappa shape index (κ2) is 6.84. The van der Waals surface area contributed by atoms with Crippen molar-refractivity contribution in [2.75, 3.05) is 11.9 Å². The third-order valence-electron chi connectivity index (χ3n) is 4.10. The van der Waals surface area contributed by atoms with Gasteiger partial charge in [0, 0.05) is 24.4 Å². The van der Waals surface area contributed by atoms with Crippen LogP contribution in [0.4, 0.5) is 11.1 Å². The topological polar surface area (TPSA) is 101 Å². The lowest BCUT2D eigenvalue weighted by Gasteiger charge is -2.12. The van der Waals surface area contributed by atoms with Crippen molar-refractivity contribution in [3.63, 3.8) is 0 Å². The molecule has 3 aromatic rings. The first-order valence-electron chi connectivity index (χ1n) is 8.38. The van der Waals surface area contributed by atoms with Crippen LogP contribution in [-0.4, -0.2) is 43.4 Å². The van der Waals surface area contributed by atoms with Gasteiger partial charge in [0.2, 0.25) is 11.1 Å². The van der Waals surface area contributed by atoms with Crippen LogP contribution in [0, 0.1) is 13.8 Å². The second-order valence-corrected chi connectivity index (χ2v) is 7.22. The normalized spacial score (nSPS) is 13.2. The Morgan fingerprint density at radius 3 is 2.26 bits per heavy atom. The Morgan fingerprint density at radius 1 is 1.00 bits per heavy atom. The van der Waals surface area contributed by atoms with Gasteiger partial charge < -0.3 is 0 Å². The van der Waals surface area contributed by atoms with Crippen LogP contribution in [0.5, 0.6) is 0 Å². The van der Waals surface area contributed by atoms with Gasteiger partial charge in [0.15, 0.2) is 0 Å². The van der Waals surface area contributed by atoms with Gasteiger partial charge in [-0.2, -0.15) is 0 Å². The van der Waals surface area contributed by atoms with Crippen molar-refractivity contribution in [2.24, 2.45) is 0 Å². The number of nitrogens with one attached hydrogen (secondary N) is 1. The summed E-state index contributed by atoms with van der Waals surface area (Å²) >= 11 is 1.35. The van der Waals surface area contributed by atoms with E-state index in [2.05, 4.69) is 25.5 Å². The third-order valence-corrected chi connectivity index (χ3v) is 4.99. The fraction of sp³-hybridized carbons (Fsp3) is 0.222. The van der Waals surface area contributed by atoms with E-state index in [9.17, 15) is 9.59 Å². The zero-order valence-electron chi connectivity index (χ0n) is 14.8. The number of aryl methyl sites for hydroxylation is 2. The number of hydrogen-bond donors (Lipinski definition) is 1. The molecule has 2 aromatic heterocycles. The molecule has 0 saturated heterocycles. The van der Waals surface area contributed by atoms with E-state index in [1.54, 1.807) is 24.3 Å². The number of fused-ring (bicyclic) bond motifs is 1. The van der Waals surface area contributed by atoms with Gasteiger partial charge in [-0.1, -0.05) is 23.5 Å². The van der Waals surface area contributed by atoms with Crippen molar-refractivity contribution < 1.29 is 9.59 Å². The molecule has 0 unspecified atom stereocenters. The van der Waals surface area contributed by atoms with E-state index < -0.39 is 0 Å². The van der Waals surface area contributed by atoms with Crippen molar-refractivity contribution in [1.29, 1.82) is 0 Å². The molecule has 1 aliphatic heterocycles. The van der Waals surface area contributed by atoms with Gasteiger partial charge in [0.25, 0.3) is 11.8 Å². The summed E-state index contributed by atoms with van der Waals surface area (Å²) in [5, 5.41) is 12.5. The first-order chi connectivity index (χ1) is 13.0. The minimum absolute atomic E-state index is 0.262. The summed E-state index contributed by atoms with van der Waals surface area (Å²) in [6.07, 6.45) is 0.443. The highest BCUT2D eigenvalue weighted by Gasteiger charge is 2.34. The number of carbonyl (C=O) groups excluding carboxylic acids is 2. The molecule has 1 aromatic carbocycles. The molecule has 1 N–H and O–H groups in total. The first kappa shape index (κ1) is 17.2. The van der Waals surface area contributed by atoms with Crippen LogP contribution in [0.15, 0.2) is 30.3 Å². The van der Waals surface area contributed by atoms with E-state index in [4.69, 9.17) is 0 Å². The minimum atomic E-state index is -0.262. The van der Waals surface area contributed by atoms with E-state index in [1.165, 1.54) is 16.2 Å². The molecule has 0 aliphatic carbocycles. The number of nitrogens with zero attached hydrogens (tertiary/aromatic N) is 5. The third kappa shape index (κ3) is 3.41. The molecule has 0 spiro atoms. The molecule has 4 rings (SSSR count). The molecule has 0 bridgehead atoms. The Balaban J connectivity index is 1.42. The average Bonchev–Trinajstić information content (AvgIpc) is 3.16. The summed E-state index contributed by atoms with van der Waals surface area (Å²) in [6, 6.07) is 8.74. The zero-order valence-corrected chi connectivity index (χ0v) is 15.6. The monoisotopic (exact) mass is 380 g/mol. The number of imide groups is 1. The van der Waals surface area contributed by atoms with E-state index in [1.807, 2.05) is 19.9 Å². The summed E-state index contributed by atoms with van der Waals surface area (Å²) in [5.74, 6) is -0.0558. The Morgan fingerprint density at radius 2 is 1.63 bits per heavy atom. The molecule has 136 valence electrons. The number of hydrogen-bond acceptors (Lipinski definition) is 8.